The number of carbonyl (C=O) groups excluding carboxylic acids is 1. The van der Waals surface area contributed by atoms with Gasteiger partial charge in [0.05, 0.1) is 0 Å². The van der Waals surface area contributed by atoms with Crippen molar-refractivity contribution in [2.24, 2.45) is 11.5 Å². The van der Waals surface area contributed by atoms with Gasteiger partial charge in [-0.2, -0.15) is 0 Å². The molecule has 0 aliphatic heterocycles. The zero-order valence-electron chi connectivity index (χ0n) is 5.55. The van der Waals surface area contributed by atoms with Crippen molar-refractivity contribution < 1.29 is 9.53 Å². The van der Waals surface area contributed by atoms with E-state index in [9.17, 15) is 4.79 Å². The normalized spacial score (nSPS) is 12.7. The Morgan fingerprint density at radius 1 is 1.70 bits per heavy atom. The van der Waals surface area contributed by atoms with E-state index < -0.39 is 12.2 Å². The van der Waals surface area contributed by atoms with Crippen LogP contribution in [0.2, 0.25) is 0 Å². The number of hydrogen-bond donors (Lipinski definition) is 2. The maximum Gasteiger partial charge on any atom is 0.322 e. The van der Waals surface area contributed by atoms with E-state index in [0.717, 1.165) is 0 Å². The molecule has 0 bridgehead atoms. The minimum Gasteiger partial charge on any atom is -0.446 e. The van der Waals surface area contributed by atoms with Gasteiger partial charge in [0.15, 0.2) is 6.23 Å². The molecule has 0 aromatic heterocycles. The Hall–Kier alpha value is -0.320. The predicted molar refractivity (Wildman–Crippen MR) is 38.5 cm³/mol. The number of ether oxygens (including phenoxy) is 1. The molecule has 0 heterocycles. The second-order valence-corrected chi connectivity index (χ2v) is 2.01. The lowest BCUT2D eigenvalue weighted by Crippen LogP contribution is -2.29. The zero-order valence-corrected chi connectivity index (χ0v) is 6.30. The summed E-state index contributed by atoms with van der Waals surface area (Å²) in [6, 6.07) is 0. The van der Waals surface area contributed by atoms with E-state index in [1.54, 1.807) is 0 Å². The van der Waals surface area contributed by atoms with Gasteiger partial charge in [0.2, 0.25) is 0 Å². The molecule has 0 aliphatic carbocycles. The number of alkyl halides is 1. The molecular weight excluding hydrogens is 156 g/mol. The van der Waals surface area contributed by atoms with Crippen LogP contribution in [0.15, 0.2) is 0 Å². The Labute approximate surface area is 64.5 Å². The van der Waals surface area contributed by atoms with Gasteiger partial charge >= 0.3 is 5.97 Å². The van der Waals surface area contributed by atoms with E-state index in [1.165, 1.54) is 0 Å². The third-order valence-electron chi connectivity index (χ3n) is 0.843. The number of carbonyl (C=O) groups is 1. The third-order valence-corrected chi connectivity index (χ3v) is 1.06. The van der Waals surface area contributed by atoms with E-state index >= 15 is 0 Å². The molecule has 60 valence electrons. The van der Waals surface area contributed by atoms with E-state index in [-0.39, 0.29) is 5.88 Å². The highest BCUT2D eigenvalue weighted by Crippen LogP contribution is 1.90. The molecule has 4 nitrogen and oxygen atoms in total. The second-order valence-electron chi connectivity index (χ2n) is 1.74. The molecule has 0 saturated heterocycles. The molecule has 0 spiro atoms. The van der Waals surface area contributed by atoms with Gasteiger partial charge in [-0.1, -0.05) is 0 Å². The number of hydrogen-bond acceptors (Lipinski definition) is 4. The zero-order chi connectivity index (χ0) is 7.98. The van der Waals surface area contributed by atoms with Crippen LogP contribution in [0.4, 0.5) is 0 Å². The van der Waals surface area contributed by atoms with Crippen LogP contribution in [0.5, 0.6) is 0 Å². The molecule has 0 fully saturated rings. The smallest absolute Gasteiger partial charge is 0.322 e. The van der Waals surface area contributed by atoms with Crippen molar-refractivity contribution in [1.82, 2.24) is 0 Å². The first-order valence-corrected chi connectivity index (χ1v) is 3.45. The lowest BCUT2D eigenvalue weighted by Gasteiger charge is -2.09. The summed E-state index contributed by atoms with van der Waals surface area (Å²) < 4.78 is 4.57. The van der Waals surface area contributed by atoms with Crippen molar-refractivity contribution in [3.8, 4) is 0 Å². The maximum atomic E-state index is 10.4. The lowest BCUT2D eigenvalue weighted by atomic mass is 10.4. The van der Waals surface area contributed by atoms with Crippen LogP contribution in [0.1, 0.15) is 6.42 Å². The molecule has 0 aromatic carbocycles. The standard InChI is InChI=1S/C5H11ClN2O2/c6-3-5(9)10-4(8)1-2-7/h4H,1-3,7-8H2. The largest absolute Gasteiger partial charge is 0.446 e. The Bertz CT molecular complexity index is 110. The Balaban J connectivity index is 3.37. The van der Waals surface area contributed by atoms with Crippen LogP contribution in [0.25, 0.3) is 0 Å². The van der Waals surface area contributed by atoms with Crippen molar-refractivity contribution in [3.63, 3.8) is 0 Å². The van der Waals surface area contributed by atoms with E-state index in [2.05, 4.69) is 4.74 Å². The van der Waals surface area contributed by atoms with Gasteiger partial charge in [-0.25, -0.2) is 0 Å². The van der Waals surface area contributed by atoms with Gasteiger partial charge < -0.3 is 10.5 Å². The van der Waals surface area contributed by atoms with Crippen molar-refractivity contribution in [3.05, 3.63) is 0 Å². The van der Waals surface area contributed by atoms with Gasteiger partial charge in [0.1, 0.15) is 5.88 Å². The van der Waals surface area contributed by atoms with E-state index in [4.69, 9.17) is 23.1 Å². The average Bonchev–Trinajstić information content (AvgIpc) is 1.88. The van der Waals surface area contributed by atoms with Crippen LogP contribution in [-0.2, 0) is 9.53 Å². The monoisotopic (exact) mass is 166 g/mol. The predicted octanol–water partition coefficient (Wildman–Crippen LogP) is -0.598. The molecule has 0 amide bonds. The molecule has 0 saturated carbocycles. The van der Waals surface area contributed by atoms with Crippen molar-refractivity contribution in [1.29, 1.82) is 0 Å². The number of halogens is 1. The summed E-state index contributed by atoms with van der Waals surface area (Å²) in [5.41, 5.74) is 10.4. The van der Waals surface area contributed by atoms with Crippen LogP contribution in [0, 0.1) is 0 Å². The highest BCUT2D eigenvalue weighted by molar-refractivity contribution is 6.26. The van der Waals surface area contributed by atoms with Crippen molar-refractivity contribution in [2.45, 2.75) is 12.6 Å². The van der Waals surface area contributed by atoms with Crippen LogP contribution >= 0.6 is 11.6 Å². The minimum absolute atomic E-state index is 0.168. The highest BCUT2D eigenvalue weighted by atomic mass is 35.5. The number of esters is 1. The number of rotatable bonds is 4. The molecule has 4 N–H and O–H groups in total. The molecule has 0 radical (unpaired) electrons. The molecule has 10 heavy (non-hydrogen) atoms. The summed E-state index contributed by atoms with van der Waals surface area (Å²) in [6.07, 6.45) is -0.154. The molecule has 0 aromatic rings. The Morgan fingerprint density at radius 2 is 2.30 bits per heavy atom. The van der Waals surface area contributed by atoms with Crippen molar-refractivity contribution in [2.75, 3.05) is 12.4 Å². The van der Waals surface area contributed by atoms with Gasteiger partial charge in [0.25, 0.3) is 0 Å². The molecular formula is C5H11ClN2O2. The molecule has 0 aliphatic rings. The van der Waals surface area contributed by atoms with E-state index in [0.29, 0.717) is 13.0 Å². The molecule has 0 rings (SSSR count). The summed E-state index contributed by atoms with van der Waals surface area (Å²) >= 11 is 5.13. The lowest BCUT2D eigenvalue weighted by molar-refractivity contribution is -0.145. The maximum absolute atomic E-state index is 10.4. The van der Waals surface area contributed by atoms with Gasteiger partial charge in [-0.3, -0.25) is 10.5 Å². The molecule has 5 heteroatoms. The molecule has 1 atom stereocenters. The summed E-state index contributed by atoms with van der Waals surface area (Å²) in [5, 5.41) is 0. The highest BCUT2D eigenvalue weighted by Gasteiger charge is 2.06. The fourth-order valence-electron chi connectivity index (χ4n) is 0.424. The second kappa shape index (κ2) is 5.46. The van der Waals surface area contributed by atoms with Gasteiger partial charge in [0, 0.05) is 6.42 Å². The SMILES string of the molecule is NCCC(N)OC(=O)CCl. The third kappa shape index (κ3) is 4.55. The first-order valence-electron chi connectivity index (χ1n) is 2.91. The van der Waals surface area contributed by atoms with E-state index in [1.807, 2.05) is 0 Å². The Morgan fingerprint density at radius 3 is 2.70 bits per heavy atom. The summed E-state index contributed by atoms with van der Waals surface area (Å²) in [5.74, 6) is -0.680. The van der Waals surface area contributed by atoms with Crippen molar-refractivity contribution >= 4 is 17.6 Å². The quantitative estimate of drug-likeness (QED) is 0.332. The Kier molecular flexibility index (Phi) is 5.29. The first-order chi connectivity index (χ1) is 4.70. The first kappa shape index (κ1) is 9.68. The summed E-state index contributed by atoms with van der Waals surface area (Å²) in [7, 11) is 0. The van der Waals surface area contributed by atoms with Gasteiger partial charge in [-0.05, 0) is 6.54 Å². The van der Waals surface area contributed by atoms with Crippen LogP contribution in [0.3, 0.4) is 0 Å². The summed E-state index contributed by atoms with van der Waals surface area (Å²) in [4.78, 5) is 10.4. The summed E-state index contributed by atoms with van der Waals surface area (Å²) in [6.45, 7) is 0.400. The van der Waals surface area contributed by atoms with Gasteiger partial charge in [-0.15, -0.1) is 11.6 Å². The van der Waals surface area contributed by atoms with Crippen LogP contribution < -0.4 is 11.5 Å². The fraction of sp³-hybridized carbons (Fsp3) is 0.800. The van der Waals surface area contributed by atoms with Crippen LogP contribution in [-0.4, -0.2) is 24.6 Å². The minimum atomic E-state index is -0.615. The topological polar surface area (TPSA) is 78.3 Å². The average molecular weight is 167 g/mol. The fourth-order valence-corrected chi connectivity index (χ4v) is 0.487. The number of nitrogens with two attached hydrogens (primary N) is 2. The molecule has 1 unspecified atom stereocenters.